The van der Waals surface area contributed by atoms with Crippen LogP contribution in [0.4, 0.5) is 4.39 Å². The van der Waals surface area contributed by atoms with Crippen molar-refractivity contribution in [3.8, 4) is 17.2 Å². The van der Waals surface area contributed by atoms with Gasteiger partial charge in [0.2, 0.25) is 5.89 Å². The maximum absolute atomic E-state index is 13.5. The summed E-state index contributed by atoms with van der Waals surface area (Å²) in [5.74, 6) is 0.546. The molecule has 0 aliphatic rings. The van der Waals surface area contributed by atoms with E-state index in [9.17, 15) is 4.39 Å². The maximum Gasteiger partial charge on any atom is 0.226 e. The highest BCUT2D eigenvalue weighted by Gasteiger charge is 2.09. The van der Waals surface area contributed by atoms with Crippen molar-refractivity contribution in [3.05, 3.63) is 72.4 Å². The molecule has 0 N–H and O–H groups in total. The first-order valence-electron chi connectivity index (χ1n) is 7.78. The number of oxazole rings is 1. The minimum atomic E-state index is -0.343. The number of likely N-dealkylation sites (N-methyl/N-ethyl adjacent to an activating group) is 1. The van der Waals surface area contributed by atoms with Crippen LogP contribution in [0.3, 0.4) is 0 Å². The third-order valence-corrected chi connectivity index (χ3v) is 3.57. The average molecular weight is 326 g/mol. The van der Waals surface area contributed by atoms with Crippen molar-refractivity contribution in [1.82, 2.24) is 9.88 Å². The zero-order valence-electron chi connectivity index (χ0n) is 13.5. The number of hydrogen-bond donors (Lipinski definition) is 0. The van der Waals surface area contributed by atoms with Crippen LogP contribution in [0, 0.1) is 5.82 Å². The highest BCUT2D eigenvalue weighted by Crippen LogP contribution is 2.18. The summed E-state index contributed by atoms with van der Waals surface area (Å²) >= 11 is 0. The minimum Gasteiger partial charge on any atom is -0.489 e. The summed E-state index contributed by atoms with van der Waals surface area (Å²) in [6, 6.07) is 16.2. The van der Waals surface area contributed by atoms with Crippen LogP contribution in [0.25, 0.3) is 11.5 Å². The van der Waals surface area contributed by atoms with Crippen molar-refractivity contribution in [2.75, 3.05) is 20.2 Å². The average Bonchev–Trinajstić information content (AvgIpc) is 3.06. The lowest BCUT2D eigenvalue weighted by Gasteiger charge is -2.15. The summed E-state index contributed by atoms with van der Waals surface area (Å²) in [6.07, 6.45) is 1.66. The number of ether oxygens (including phenoxy) is 1. The van der Waals surface area contributed by atoms with Crippen molar-refractivity contribution in [1.29, 1.82) is 0 Å². The molecule has 0 saturated heterocycles. The summed E-state index contributed by atoms with van der Waals surface area (Å²) in [5, 5.41) is 0. The van der Waals surface area contributed by atoms with Crippen molar-refractivity contribution >= 4 is 0 Å². The van der Waals surface area contributed by atoms with Crippen molar-refractivity contribution in [2.45, 2.75) is 6.54 Å². The second-order valence-electron chi connectivity index (χ2n) is 5.53. The zero-order valence-corrected chi connectivity index (χ0v) is 13.5. The van der Waals surface area contributed by atoms with Crippen LogP contribution < -0.4 is 4.74 Å². The Hall–Kier alpha value is -2.66. The van der Waals surface area contributed by atoms with E-state index in [1.54, 1.807) is 24.5 Å². The molecular formula is C19H19FN2O2. The van der Waals surface area contributed by atoms with E-state index in [0.29, 0.717) is 25.6 Å². The lowest BCUT2D eigenvalue weighted by molar-refractivity contribution is 0.225. The Bertz CT molecular complexity index is 774. The quantitative estimate of drug-likeness (QED) is 0.658. The topological polar surface area (TPSA) is 38.5 Å². The molecule has 0 fully saturated rings. The van der Waals surface area contributed by atoms with Gasteiger partial charge in [-0.1, -0.05) is 30.3 Å². The van der Waals surface area contributed by atoms with Gasteiger partial charge >= 0.3 is 0 Å². The van der Waals surface area contributed by atoms with E-state index in [2.05, 4.69) is 4.98 Å². The van der Waals surface area contributed by atoms with Gasteiger partial charge in [-0.05, 0) is 31.3 Å². The Morgan fingerprint density at radius 1 is 1.08 bits per heavy atom. The first-order chi connectivity index (χ1) is 11.7. The largest absolute Gasteiger partial charge is 0.489 e. The molecule has 0 aliphatic carbocycles. The van der Waals surface area contributed by atoms with E-state index in [4.69, 9.17) is 9.15 Å². The molecule has 0 aliphatic heterocycles. The van der Waals surface area contributed by atoms with Crippen molar-refractivity contribution < 1.29 is 13.5 Å². The predicted octanol–water partition coefficient (Wildman–Crippen LogP) is 3.99. The number of halogens is 1. The van der Waals surface area contributed by atoms with Gasteiger partial charge in [0.25, 0.3) is 0 Å². The van der Waals surface area contributed by atoms with Gasteiger partial charge in [0.05, 0.1) is 5.69 Å². The number of benzene rings is 2. The first kappa shape index (κ1) is 16.2. The Morgan fingerprint density at radius 2 is 1.83 bits per heavy atom. The molecule has 1 aromatic heterocycles. The number of rotatable bonds is 7. The molecule has 0 saturated carbocycles. The fraction of sp³-hybridized carbons (Fsp3) is 0.211. The molecule has 24 heavy (non-hydrogen) atoms. The summed E-state index contributed by atoms with van der Waals surface area (Å²) in [5.41, 5.74) is 1.80. The predicted molar refractivity (Wildman–Crippen MR) is 90.2 cm³/mol. The standard InChI is InChI=1S/C19H19FN2O2/c1-22(11-12-23-18-10-6-5-9-17(18)20)13-16-14-24-19(21-16)15-7-3-2-4-8-15/h2-10,14H,11-13H2,1H3. The molecule has 3 rings (SSSR count). The molecule has 0 radical (unpaired) electrons. The monoisotopic (exact) mass is 326 g/mol. The zero-order chi connectivity index (χ0) is 16.8. The van der Waals surface area contributed by atoms with Crippen molar-refractivity contribution in [2.24, 2.45) is 0 Å². The molecule has 124 valence electrons. The lowest BCUT2D eigenvalue weighted by atomic mass is 10.2. The molecule has 0 amide bonds. The normalized spacial score (nSPS) is 11.0. The van der Waals surface area contributed by atoms with Crippen LogP contribution in [0.1, 0.15) is 5.69 Å². The van der Waals surface area contributed by atoms with Crippen LogP contribution in [0.15, 0.2) is 65.3 Å². The highest BCUT2D eigenvalue weighted by atomic mass is 19.1. The van der Waals surface area contributed by atoms with E-state index >= 15 is 0 Å². The van der Waals surface area contributed by atoms with Gasteiger partial charge in [-0.3, -0.25) is 4.90 Å². The highest BCUT2D eigenvalue weighted by molar-refractivity contribution is 5.52. The maximum atomic E-state index is 13.5. The van der Waals surface area contributed by atoms with Gasteiger partial charge in [0.1, 0.15) is 12.9 Å². The SMILES string of the molecule is CN(CCOc1ccccc1F)Cc1coc(-c2ccccc2)n1. The third-order valence-electron chi connectivity index (χ3n) is 3.57. The number of aromatic nitrogens is 1. The Kier molecular flexibility index (Phi) is 5.23. The summed E-state index contributed by atoms with van der Waals surface area (Å²) < 4.78 is 24.4. The van der Waals surface area contributed by atoms with E-state index in [1.807, 2.05) is 42.3 Å². The molecule has 2 aromatic carbocycles. The van der Waals surface area contributed by atoms with Crippen LogP contribution >= 0.6 is 0 Å². The Morgan fingerprint density at radius 3 is 2.62 bits per heavy atom. The Labute approximate surface area is 140 Å². The fourth-order valence-electron chi connectivity index (χ4n) is 2.32. The molecule has 5 heteroatoms. The van der Waals surface area contributed by atoms with Crippen LogP contribution in [0.5, 0.6) is 5.75 Å². The van der Waals surface area contributed by atoms with Gasteiger partial charge in [-0.2, -0.15) is 0 Å². The molecule has 1 heterocycles. The number of nitrogens with zero attached hydrogens (tertiary/aromatic N) is 2. The van der Waals surface area contributed by atoms with Gasteiger partial charge < -0.3 is 9.15 Å². The fourth-order valence-corrected chi connectivity index (χ4v) is 2.32. The van der Waals surface area contributed by atoms with Gasteiger partial charge in [0, 0.05) is 18.7 Å². The molecule has 0 unspecified atom stereocenters. The second-order valence-corrected chi connectivity index (χ2v) is 5.53. The molecule has 0 atom stereocenters. The Balaban J connectivity index is 1.50. The van der Waals surface area contributed by atoms with Crippen molar-refractivity contribution in [3.63, 3.8) is 0 Å². The van der Waals surface area contributed by atoms with Gasteiger partial charge in [-0.15, -0.1) is 0 Å². The van der Waals surface area contributed by atoms with E-state index < -0.39 is 0 Å². The van der Waals surface area contributed by atoms with Crippen LogP contribution in [0.2, 0.25) is 0 Å². The third kappa shape index (κ3) is 4.20. The first-order valence-corrected chi connectivity index (χ1v) is 7.78. The van der Waals surface area contributed by atoms with Gasteiger partial charge in [-0.25, -0.2) is 9.37 Å². The van der Waals surface area contributed by atoms with E-state index in [1.165, 1.54) is 6.07 Å². The second kappa shape index (κ2) is 7.75. The van der Waals surface area contributed by atoms with Gasteiger partial charge in [0.15, 0.2) is 11.6 Å². The minimum absolute atomic E-state index is 0.277. The van der Waals surface area contributed by atoms with Crippen LogP contribution in [-0.4, -0.2) is 30.1 Å². The molecule has 4 nitrogen and oxygen atoms in total. The lowest BCUT2D eigenvalue weighted by Crippen LogP contribution is -2.24. The molecular weight excluding hydrogens is 307 g/mol. The number of para-hydroxylation sites is 1. The molecule has 0 bridgehead atoms. The summed E-state index contributed by atoms with van der Waals surface area (Å²) in [7, 11) is 1.96. The summed E-state index contributed by atoms with van der Waals surface area (Å²) in [6.45, 7) is 1.69. The summed E-state index contributed by atoms with van der Waals surface area (Å²) in [4.78, 5) is 6.54. The van der Waals surface area contributed by atoms with Crippen LogP contribution in [-0.2, 0) is 6.54 Å². The smallest absolute Gasteiger partial charge is 0.226 e. The number of hydrogen-bond acceptors (Lipinski definition) is 4. The van der Waals surface area contributed by atoms with E-state index in [-0.39, 0.29) is 11.6 Å². The van der Waals surface area contributed by atoms with E-state index in [0.717, 1.165) is 11.3 Å². The molecule has 3 aromatic rings. The molecule has 0 spiro atoms.